The van der Waals surface area contributed by atoms with Crippen molar-refractivity contribution < 1.29 is 14.4 Å². The van der Waals surface area contributed by atoms with Gasteiger partial charge in [0.2, 0.25) is 5.82 Å². The second-order valence-electron chi connectivity index (χ2n) is 4.42. The number of anilines is 1. The van der Waals surface area contributed by atoms with Crippen LogP contribution in [0.15, 0.2) is 53.1 Å². The van der Waals surface area contributed by atoms with Crippen molar-refractivity contribution in [1.29, 1.82) is 0 Å². The van der Waals surface area contributed by atoms with Crippen molar-refractivity contribution in [2.75, 3.05) is 5.73 Å². The molecule has 0 amide bonds. The fraction of sp³-hybridized carbons (Fsp3) is 0.0667. The van der Waals surface area contributed by atoms with Gasteiger partial charge in [0, 0.05) is 17.3 Å². The van der Waals surface area contributed by atoms with E-state index in [0.717, 1.165) is 5.56 Å². The summed E-state index contributed by atoms with van der Waals surface area (Å²) in [6, 6.07) is 13.7. The predicted octanol–water partition coefficient (Wildman–Crippen LogP) is 2.60. The SMILES string of the molecule is Nc1cccc(OCc2nc(-c3ccc(O)cc3)no2)c1. The summed E-state index contributed by atoms with van der Waals surface area (Å²) >= 11 is 0. The van der Waals surface area contributed by atoms with Crippen molar-refractivity contribution in [3.63, 3.8) is 0 Å². The zero-order valence-corrected chi connectivity index (χ0v) is 11.1. The standard InChI is InChI=1S/C15H13N3O3/c16-11-2-1-3-13(8-11)20-9-14-17-15(18-21-14)10-4-6-12(19)7-5-10/h1-8,19H,9,16H2. The average Bonchev–Trinajstić information content (AvgIpc) is 2.95. The third-order valence-corrected chi connectivity index (χ3v) is 2.81. The summed E-state index contributed by atoms with van der Waals surface area (Å²) < 4.78 is 10.6. The van der Waals surface area contributed by atoms with Crippen LogP contribution in [0.4, 0.5) is 5.69 Å². The third-order valence-electron chi connectivity index (χ3n) is 2.81. The maximum absolute atomic E-state index is 9.25. The molecule has 1 aromatic heterocycles. The Kier molecular flexibility index (Phi) is 3.42. The van der Waals surface area contributed by atoms with E-state index in [-0.39, 0.29) is 12.4 Å². The number of phenols is 1. The third kappa shape index (κ3) is 3.11. The Morgan fingerprint density at radius 3 is 2.71 bits per heavy atom. The molecule has 3 N–H and O–H groups in total. The normalized spacial score (nSPS) is 10.5. The molecule has 0 aliphatic rings. The number of aromatic nitrogens is 2. The maximum atomic E-state index is 9.25. The summed E-state index contributed by atoms with van der Waals surface area (Å²) in [6.07, 6.45) is 0. The quantitative estimate of drug-likeness (QED) is 0.715. The van der Waals surface area contributed by atoms with Crippen molar-refractivity contribution >= 4 is 5.69 Å². The monoisotopic (exact) mass is 283 g/mol. The van der Waals surface area contributed by atoms with E-state index in [1.165, 1.54) is 0 Å². The van der Waals surface area contributed by atoms with Crippen molar-refractivity contribution in [3.8, 4) is 22.9 Å². The molecule has 6 nitrogen and oxygen atoms in total. The van der Waals surface area contributed by atoms with Gasteiger partial charge in [0.25, 0.3) is 5.89 Å². The average molecular weight is 283 g/mol. The van der Waals surface area contributed by atoms with E-state index in [4.69, 9.17) is 15.0 Å². The van der Waals surface area contributed by atoms with Crippen molar-refractivity contribution in [2.45, 2.75) is 6.61 Å². The lowest BCUT2D eigenvalue weighted by Crippen LogP contribution is -1.96. The van der Waals surface area contributed by atoms with Gasteiger partial charge in [-0.2, -0.15) is 4.98 Å². The molecule has 0 fully saturated rings. The summed E-state index contributed by atoms with van der Waals surface area (Å²) in [6.45, 7) is 0.161. The largest absolute Gasteiger partial charge is 0.508 e. The first-order valence-corrected chi connectivity index (χ1v) is 6.31. The van der Waals surface area contributed by atoms with Gasteiger partial charge in [-0.25, -0.2) is 0 Å². The molecule has 0 aliphatic carbocycles. The zero-order valence-electron chi connectivity index (χ0n) is 11.1. The highest BCUT2D eigenvalue weighted by Crippen LogP contribution is 2.20. The Balaban J connectivity index is 1.69. The molecular formula is C15H13N3O3. The van der Waals surface area contributed by atoms with Gasteiger partial charge in [-0.1, -0.05) is 11.2 Å². The van der Waals surface area contributed by atoms with Gasteiger partial charge in [0.1, 0.15) is 11.5 Å². The predicted molar refractivity (Wildman–Crippen MR) is 76.6 cm³/mol. The first kappa shape index (κ1) is 13.0. The van der Waals surface area contributed by atoms with E-state index < -0.39 is 0 Å². The second kappa shape index (κ2) is 5.54. The van der Waals surface area contributed by atoms with Gasteiger partial charge in [0.05, 0.1) is 0 Å². The molecule has 3 aromatic rings. The summed E-state index contributed by atoms with van der Waals surface area (Å²) in [5.41, 5.74) is 7.05. The molecule has 0 bridgehead atoms. The van der Waals surface area contributed by atoms with Crippen LogP contribution in [0.3, 0.4) is 0 Å². The van der Waals surface area contributed by atoms with Crippen LogP contribution in [0.2, 0.25) is 0 Å². The molecule has 21 heavy (non-hydrogen) atoms. The Morgan fingerprint density at radius 1 is 1.14 bits per heavy atom. The lowest BCUT2D eigenvalue weighted by molar-refractivity contribution is 0.243. The van der Waals surface area contributed by atoms with Crippen LogP contribution >= 0.6 is 0 Å². The minimum Gasteiger partial charge on any atom is -0.508 e. The van der Waals surface area contributed by atoms with Crippen molar-refractivity contribution in [1.82, 2.24) is 10.1 Å². The van der Waals surface area contributed by atoms with Crippen molar-refractivity contribution in [3.05, 3.63) is 54.4 Å². The molecule has 3 rings (SSSR count). The number of benzene rings is 2. The van der Waals surface area contributed by atoms with Crippen LogP contribution in [0.5, 0.6) is 11.5 Å². The van der Waals surface area contributed by atoms with Crippen LogP contribution in [-0.2, 0) is 6.61 Å². The molecule has 6 heteroatoms. The van der Waals surface area contributed by atoms with Gasteiger partial charge >= 0.3 is 0 Å². The molecule has 0 saturated heterocycles. The highest BCUT2D eigenvalue weighted by atomic mass is 16.5. The van der Waals surface area contributed by atoms with E-state index in [2.05, 4.69) is 10.1 Å². The number of hydrogen-bond donors (Lipinski definition) is 2. The van der Waals surface area contributed by atoms with E-state index in [9.17, 15) is 5.11 Å². The molecule has 0 atom stereocenters. The molecule has 1 heterocycles. The van der Waals surface area contributed by atoms with Crippen LogP contribution in [0.25, 0.3) is 11.4 Å². The summed E-state index contributed by atoms with van der Waals surface area (Å²) in [4.78, 5) is 4.23. The topological polar surface area (TPSA) is 94.4 Å². The Bertz CT molecular complexity index is 738. The number of nitrogens with zero attached hydrogens (tertiary/aromatic N) is 2. The molecule has 2 aromatic carbocycles. The van der Waals surface area contributed by atoms with Crippen LogP contribution in [0, 0.1) is 0 Å². The van der Waals surface area contributed by atoms with E-state index in [1.807, 2.05) is 0 Å². The van der Waals surface area contributed by atoms with E-state index in [1.54, 1.807) is 48.5 Å². The minimum atomic E-state index is 0.161. The number of rotatable bonds is 4. The van der Waals surface area contributed by atoms with Gasteiger partial charge in [-0.3, -0.25) is 0 Å². The molecular weight excluding hydrogens is 270 g/mol. The number of aromatic hydroxyl groups is 1. The Morgan fingerprint density at radius 2 is 1.95 bits per heavy atom. The van der Waals surface area contributed by atoms with Crippen LogP contribution in [-0.4, -0.2) is 15.2 Å². The summed E-state index contributed by atoms with van der Waals surface area (Å²) in [7, 11) is 0. The van der Waals surface area contributed by atoms with E-state index in [0.29, 0.717) is 23.2 Å². The number of phenolic OH excluding ortho intramolecular Hbond substituents is 1. The smallest absolute Gasteiger partial charge is 0.264 e. The Labute approximate surface area is 120 Å². The fourth-order valence-electron chi connectivity index (χ4n) is 1.79. The second-order valence-corrected chi connectivity index (χ2v) is 4.42. The summed E-state index contributed by atoms with van der Waals surface area (Å²) in [5, 5.41) is 13.1. The number of nitrogen functional groups attached to an aromatic ring is 1. The molecule has 106 valence electrons. The maximum Gasteiger partial charge on any atom is 0.264 e. The highest BCUT2D eigenvalue weighted by Gasteiger charge is 2.09. The van der Waals surface area contributed by atoms with Gasteiger partial charge in [-0.15, -0.1) is 0 Å². The minimum absolute atomic E-state index is 0.161. The molecule has 0 unspecified atom stereocenters. The van der Waals surface area contributed by atoms with Crippen molar-refractivity contribution in [2.24, 2.45) is 0 Å². The highest BCUT2D eigenvalue weighted by molar-refractivity contribution is 5.55. The lowest BCUT2D eigenvalue weighted by Gasteiger charge is -2.03. The number of nitrogens with two attached hydrogens (primary N) is 1. The lowest BCUT2D eigenvalue weighted by atomic mass is 10.2. The summed E-state index contributed by atoms with van der Waals surface area (Å²) in [5.74, 6) is 1.63. The van der Waals surface area contributed by atoms with Gasteiger partial charge in [-0.05, 0) is 36.4 Å². The van der Waals surface area contributed by atoms with Crippen LogP contribution < -0.4 is 10.5 Å². The van der Waals surface area contributed by atoms with E-state index >= 15 is 0 Å². The van der Waals surface area contributed by atoms with Gasteiger partial charge < -0.3 is 20.1 Å². The molecule has 0 spiro atoms. The molecule has 0 aliphatic heterocycles. The molecule has 0 saturated carbocycles. The molecule has 0 radical (unpaired) electrons. The zero-order chi connectivity index (χ0) is 14.7. The fourth-order valence-corrected chi connectivity index (χ4v) is 1.79. The first-order chi connectivity index (χ1) is 10.2. The van der Waals surface area contributed by atoms with Gasteiger partial charge in [0.15, 0.2) is 6.61 Å². The Hall–Kier alpha value is -3.02. The number of hydrogen-bond acceptors (Lipinski definition) is 6. The van der Waals surface area contributed by atoms with Crippen LogP contribution in [0.1, 0.15) is 5.89 Å². The first-order valence-electron chi connectivity index (χ1n) is 6.31. The number of ether oxygens (including phenoxy) is 1.